The zero-order valence-corrected chi connectivity index (χ0v) is 17.2. The minimum absolute atomic E-state index is 0.403. The molecule has 0 aliphatic carbocycles. The molecule has 0 unspecified atom stereocenters. The standard InChI is InChI=1S/C18H27BrN2O3S/c1-15-14-17(2-3-18(15)19)25(22,23)21-8-5-16(6-9-21)4-7-20-10-12-24-13-11-20/h2-3,14,16H,4-13H2,1H3. The van der Waals surface area contributed by atoms with Crippen molar-refractivity contribution in [1.29, 1.82) is 0 Å². The molecule has 5 nitrogen and oxygen atoms in total. The second-order valence-corrected chi connectivity index (χ2v) is 9.79. The molecule has 2 heterocycles. The highest BCUT2D eigenvalue weighted by Gasteiger charge is 2.29. The summed E-state index contributed by atoms with van der Waals surface area (Å²) < 4.78 is 33.7. The van der Waals surface area contributed by atoms with Crippen molar-refractivity contribution in [1.82, 2.24) is 9.21 Å². The average molecular weight is 431 g/mol. The Hall–Kier alpha value is -0.470. The number of piperidine rings is 1. The molecule has 0 saturated carbocycles. The van der Waals surface area contributed by atoms with Gasteiger partial charge in [-0.3, -0.25) is 4.90 Å². The van der Waals surface area contributed by atoms with Crippen molar-refractivity contribution in [2.45, 2.75) is 31.1 Å². The molecule has 0 atom stereocenters. The Balaban J connectivity index is 1.53. The van der Waals surface area contributed by atoms with Crippen LogP contribution in [-0.4, -0.2) is 63.6 Å². The maximum absolute atomic E-state index is 12.9. The van der Waals surface area contributed by atoms with E-state index in [1.165, 1.54) is 0 Å². The van der Waals surface area contributed by atoms with E-state index in [0.717, 1.165) is 62.1 Å². The molecule has 0 bridgehead atoms. The molecule has 25 heavy (non-hydrogen) atoms. The lowest BCUT2D eigenvalue weighted by molar-refractivity contribution is 0.0343. The molecule has 3 rings (SSSR count). The van der Waals surface area contributed by atoms with Crippen LogP contribution in [0.2, 0.25) is 0 Å². The number of ether oxygens (including phenoxy) is 1. The fourth-order valence-corrected chi connectivity index (χ4v) is 5.36. The molecule has 1 aromatic rings. The largest absolute Gasteiger partial charge is 0.379 e. The first-order valence-corrected chi connectivity index (χ1v) is 11.3. The normalized spacial score (nSPS) is 21.5. The highest BCUT2D eigenvalue weighted by Crippen LogP contribution is 2.27. The maximum atomic E-state index is 12.9. The van der Waals surface area contributed by atoms with Crippen LogP contribution in [0.15, 0.2) is 27.6 Å². The molecule has 2 aliphatic heterocycles. The van der Waals surface area contributed by atoms with Crippen LogP contribution in [0.3, 0.4) is 0 Å². The van der Waals surface area contributed by atoms with Crippen LogP contribution in [0.25, 0.3) is 0 Å². The second kappa shape index (κ2) is 8.48. The molecule has 0 N–H and O–H groups in total. The number of hydrogen-bond acceptors (Lipinski definition) is 4. The monoisotopic (exact) mass is 430 g/mol. The van der Waals surface area contributed by atoms with Crippen LogP contribution >= 0.6 is 15.9 Å². The Morgan fingerprint density at radius 2 is 1.84 bits per heavy atom. The van der Waals surface area contributed by atoms with Gasteiger partial charge in [0, 0.05) is 30.7 Å². The van der Waals surface area contributed by atoms with E-state index in [1.807, 2.05) is 13.0 Å². The van der Waals surface area contributed by atoms with Crippen molar-refractivity contribution < 1.29 is 13.2 Å². The molecule has 140 valence electrons. The highest BCUT2D eigenvalue weighted by molar-refractivity contribution is 9.10. The van der Waals surface area contributed by atoms with Gasteiger partial charge in [0.05, 0.1) is 18.1 Å². The summed E-state index contributed by atoms with van der Waals surface area (Å²) >= 11 is 3.43. The number of benzene rings is 1. The Kier molecular flexibility index (Phi) is 6.55. The summed E-state index contributed by atoms with van der Waals surface area (Å²) in [6.45, 7) is 8.00. The Bertz CT molecular complexity index is 682. The zero-order chi connectivity index (χ0) is 17.9. The Labute approximate surface area is 159 Å². The fourth-order valence-electron chi connectivity index (χ4n) is 3.55. The lowest BCUT2D eigenvalue weighted by Gasteiger charge is -2.33. The first kappa shape index (κ1) is 19.3. The number of sulfonamides is 1. The number of aryl methyl sites for hydroxylation is 1. The zero-order valence-electron chi connectivity index (χ0n) is 14.8. The summed E-state index contributed by atoms with van der Waals surface area (Å²) in [5.41, 5.74) is 0.946. The number of rotatable bonds is 5. The minimum atomic E-state index is -3.37. The van der Waals surface area contributed by atoms with Gasteiger partial charge in [0.15, 0.2) is 0 Å². The van der Waals surface area contributed by atoms with Crippen molar-refractivity contribution in [2.75, 3.05) is 45.9 Å². The van der Waals surface area contributed by atoms with Gasteiger partial charge in [-0.2, -0.15) is 4.31 Å². The Morgan fingerprint density at radius 3 is 2.48 bits per heavy atom. The lowest BCUT2D eigenvalue weighted by Crippen LogP contribution is -2.40. The molecular weight excluding hydrogens is 404 g/mol. The van der Waals surface area contributed by atoms with Crippen molar-refractivity contribution >= 4 is 26.0 Å². The molecule has 2 saturated heterocycles. The van der Waals surface area contributed by atoms with Gasteiger partial charge in [-0.05, 0) is 62.4 Å². The minimum Gasteiger partial charge on any atom is -0.379 e. The third-order valence-corrected chi connectivity index (χ3v) is 8.08. The van der Waals surface area contributed by atoms with Gasteiger partial charge in [0.25, 0.3) is 0 Å². The lowest BCUT2D eigenvalue weighted by atomic mass is 9.94. The van der Waals surface area contributed by atoms with E-state index in [2.05, 4.69) is 20.8 Å². The topological polar surface area (TPSA) is 49.9 Å². The van der Waals surface area contributed by atoms with Gasteiger partial charge < -0.3 is 4.74 Å². The molecular formula is C18H27BrN2O3S. The summed E-state index contributed by atoms with van der Waals surface area (Å²) in [7, 11) is -3.37. The summed E-state index contributed by atoms with van der Waals surface area (Å²) in [5.74, 6) is 0.626. The van der Waals surface area contributed by atoms with Crippen molar-refractivity contribution in [3.63, 3.8) is 0 Å². The van der Waals surface area contributed by atoms with Crippen LogP contribution in [0, 0.1) is 12.8 Å². The summed E-state index contributed by atoms with van der Waals surface area (Å²) in [6, 6.07) is 5.26. The van der Waals surface area contributed by atoms with E-state index in [1.54, 1.807) is 16.4 Å². The number of hydrogen-bond donors (Lipinski definition) is 0. The van der Waals surface area contributed by atoms with Gasteiger partial charge in [-0.15, -0.1) is 0 Å². The number of halogens is 1. The smallest absolute Gasteiger partial charge is 0.243 e. The fraction of sp³-hybridized carbons (Fsp3) is 0.667. The average Bonchev–Trinajstić information content (AvgIpc) is 2.63. The predicted molar refractivity (Wildman–Crippen MR) is 102 cm³/mol. The molecule has 0 aromatic heterocycles. The van der Waals surface area contributed by atoms with E-state index >= 15 is 0 Å². The van der Waals surface area contributed by atoms with E-state index < -0.39 is 10.0 Å². The van der Waals surface area contributed by atoms with E-state index in [0.29, 0.717) is 23.9 Å². The van der Waals surface area contributed by atoms with Gasteiger partial charge >= 0.3 is 0 Å². The van der Waals surface area contributed by atoms with E-state index in [-0.39, 0.29) is 0 Å². The van der Waals surface area contributed by atoms with E-state index in [9.17, 15) is 8.42 Å². The summed E-state index contributed by atoms with van der Waals surface area (Å²) in [5, 5.41) is 0. The maximum Gasteiger partial charge on any atom is 0.243 e. The van der Waals surface area contributed by atoms with Crippen LogP contribution in [0.1, 0.15) is 24.8 Å². The van der Waals surface area contributed by atoms with Gasteiger partial charge in [-0.1, -0.05) is 15.9 Å². The van der Waals surface area contributed by atoms with Gasteiger partial charge in [0.2, 0.25) is 10.0 Å². The Morgan fingerprint density at radius 1 is 1.16 bits per heavy atom. The van der Waals surface area contributed by atoms with E-state index in [4.69, 9.17) is 4.74 Å². The van der Waals surface area contributed by atoms with Crippen molar-refractivity contribution in [2.24, 2.45) is 5.92 Å². The summed E-state index contributed by atoms with van der Waals surface area (Å²) in [4.78, 5) is 2.86. The molecule has 0 amide bonds. The van der Waals surface area contributed by atoms with Gasteiger partial charge in [-0.25, -0.2) is 8.42 Å². The summed E-state index contributed by atoms with van der Waals surface area (Å²) in [6.07, 6.45) is 3.07. The molecule has 7 heteroatoms. The molecule has 0 spiro atoms. The van der Waals surface area contributed by atoms with Crippen molar-refractivity contribution in [3.05, 3.63) is 28.2 Å². The van der Waals surface area contributed by atoms with Crippen molar-refractivity contribution in [3.8, 4) is 0 Å². The quantitative estimate of drug-likeness (QED) is 0.720. The SMILES string of the molecule is Cc1cc(S(=O)(=O)N2CCC(CCN3CCOCC3)CC2)ccc1Br. The molecule has 0 radical (unpaired) electrons. The van der Waals surface area contributed by atoms with Crippen LogP contribution in [0.4, 0.5) is 0 Å². The van der Waals surface area contributed by atoms with Gasteiger partial charge in [0.1, 0.15) is 0 Å². The highest BCUT2D eigenvalue weighted by atomic mass is 79.9. The van der Waals surface area contributed by atoms with Crippen LogP contribution in [0.5, 0.6) is 0 Å². The second-order valence-electron chi connectivity index (χ2n) is 7.00. The first-order valence-electron chi connectivity index (χ1n) is 9.03. The third kappa shape index (κ3) is 4.83. The first-order chi connectivity index (χ1) is 12.0. The predicted octanol–water partition coefficient (Wildman–Crippen LogP) is 2.88. The molecule has 2 fully saturated rings. The number of nitrogens with zero attached hydrogens (tertiary/aromatic N) is 2. The molecule has 2 aliphatic rings. The van der Waals surface area contributed by atoms with Crippen LogP contribution in [-0.2, 0) is 14.8 Å². The number of morpholine rings is 1. The van der Waals surface area contributed by atoms with Crippen LogP contribution < -0.4 is 0 Å². The molecule has 1 aromatic carbocycles. The third-order valence-electron chi connectivity index (χ3n) is 5.30.